The molecule has 2 aromatic carbocycles. The number of likely N-dealkylation sites (tertiary alicyclic amines) is 1. The van der Waals surface area contributed by atoms with E-state index in [-0.39, 0.29) is 17.0 Å². The summed E-state index contributed by atoms with van der Waals surface area (Å²) in [6.07, 6.45) is 0. The average molecular weight is 332 g/mol. The summed E-state index contributed by atoms with van der Waals surface area (Å²) in [6.45, 7) is 2.74. The molecule has 1 heterocycles. The summed E-state index contributed by atoms with van der Waals surface area (Å²) in [4.78, 5) is 13.0. The third-order valence-corrected chi connectivity index (χ3v) is 4.56. The van der Waals surface area contributed by atoms with E-state index in [9.17, 15) is 18.9 Å². The molecule has 0 bridgehead atoms. The van der Waals surface area contributed by atoms with Gasteiger partial charge in [0.2, 0.25) is 6.04 Å². The molecule has 1 saturated heterocycles. The fourth-order valence-corrected chi connectivity index (χ4v) is 3.32. The minimum Gasteiger partial charge on any atom is -0.292 e. The fraction of sp³-hybridized carbons (Fsp3) is 0.333. The van der Waals surface area contributed by atoms with E-state index in [0.29, 0.717) is 18.7 Å². The van der Waals surface area contributed by atoms with Crippen molar-refractivity contribution >= 4 is 0 Å². The van der Waals surface area contributed by atoms with Gasteiger partial charge in [-0.25, -0.2) is 8.78 Å². The number of halogens is 2. The van der Waals surface area contributed by atoms with E-state index in [1.54, 1.807) is 0 Å². The van der Waals surface area contributed by atoms with Crippen LogP contribution in [0.4, 0.5) is 8.78 Å². The zero-order valence-electron chi connectivity index (χ0n) is 13.3. The summed E-state index contributed by atoms with van der Waals surface area (Å²) >= 11 is 0. The molecule has 0 unspecified atom stereocenters. The van der Waals surface area contributed by atoms with Crippen molar-refractivity contribution in [1.29, 1.82) is 0 Å². The van der Waals surface area contributed by atoms with E-state index in [0.717, 1.165) is 11.6 Å². The Bertz CT molecular complexity index is 752. The monoisotopic (exact) mass is 332 g/mol. The van der Waals surface area contributed by atoms with Gasteiger partial charge in [-0.2, -0.15) is 0 Å². The zero-order chi connectivity index (χ0) is 17.3. The van der Waals surface area contributed by atoms with Crippen LogP contribution in [0.15, 0.2) is 42.5 Å². The normalized spacial score (nSPS) is 21.1. The second-order valence-electron chi connectivity index (χ2n) is 6.26. The molecule has 0 spiro atoms. The molecule has 6 heteroatoms. The van der Waals surface area contributed by atoms with Crippen LogP contribution >= 0.6 is 0 Å². The number of rotatable bonds is 4. The Labute approximate surface area is 138 Å². The number of hydrogen-bond donors (Lipinski definition) is 0. The summed E-state index contributed by atoms with van der Waals surface area (Å²) < 4.78 is 27.7. The van der Waals surface area contributed by atoms with E-state index in [2.05, 4.69) is 0 Å². The van der Waals surface area contributed by atoms with Crippen molar-refractivity contribution in [2.45, 2.75) is 25.4 Å². The van der Waals surface area contributed by atoms with E-state index in [4.69, 9.17) is 0 Å². The largest absolute Gasteiger partial charge is 0.292 e. The van der Waals surface area contributed by atoms with Gasteiger partial charge >= 0.3 is 0 Å². The van der Waals surface area contributed by atoms with E-state index >= 15 is 0 Å². The predicted octanol–water partition coefficient (Wildman–Crippen LogP) is 3.52. The van der Waals surface area contributed by atoms with Crippen LogP contribution in [0.2, 0.25) is 0 Å². The van der Waals surface area contributed by atoms with Crippen molar-refractivity contribution in [3.63, 3.8) is 0 Å². The predicted molar refractivity (Wildman–Crippen MR) is 86.3 cm³/mol. The molecule has 0 amide bonds. The molecule has 0 aliphatic carbocycles. The highest BCUT2D eigenvalue weighted by atomic mass is 19.1. The van der Waals surface area contributed by atoms with Crippen LogP contribution in [0.5, 0.6) is 0 Å². The molecule has 0 aromatic heterocycles. The maximum atomic E-state index is 14.2. The molecule has 0 saturated carbocycles. The highest BCUT2D eigenvalue weighted by Crippen LogP contribution is 2.33. The molecule has 24 heavy (non-hydrogen) atoms. The summed E-state index contributed by atoms with van der Waals surface area (Å²) in [6, 6.07) is 11.0. The highest BCUT2D eigenvalue weighted by Gasteiger charge is 2.43. The minimum absolute atomic E-state index is 0.228. The summed E-state index contributed by atoms with van der Waals surface area (Å²) in [7, 11) is 0. The van der Waals surface area contributed by atoms with E-state index < -0.39 is 23.6 Å². The first kappa shape index (κ1) is 16.5. The van der Waals surface area contributed by atoms with Crippen molar-refractivity contribution in [3.05, 3.63) is 80.9 Å². The Kier molecular flexibility index (Phi) is 4.57. The second kappa shape index (κ2) is 6.65. The molecule has 2 aromatic rings. The SMILES string of the molecule is Cc1cc([C@@H]2CN(Cc3ccccc3)C[C@H]2[N+](=O)[O-])c(F)cc1F. The van der Waals surface area contributed by atoms with Crippen molar-refractivity contribution in [2.75, 3.05) is 13.1 Å². The van der Waals surface area contributed by atoms with Gasteiger partial charge in [-0.1, -0.05) is 30.3 Å². The van der Waals surface area contributed by atoms with Crippen LogP contribution in [0.3, 0.4) is 0 Å². The maximum Gasteiger partial charge on any atom is 0.233 e. The fourth-order valence-electron chi connectivity index (χ4n) is 3.32. The van der Waals surface area contributed by atoms with Gasteiger partial charge < -0.3 is 0 Å². The van der Waals surface area contributed by atoms with Crippen LogP contribution in [0, 0.1) is 28.7 Å². The second-order valence-corrected chi connectivity index (χ2v) is 6.26. The molecular formula is C18H18F2N2O2. The molecular weight excluding hydrogens is 314 g/mol. The van der Waals surface area contributed by atoms with Gasteiger partial charge in [-0.15, -0.1) is 0 Å². The van der Waals surface area contributed by atoms with Crippen molar-refractivity contribution < 1.29 is 13.7 Å². The Morgan fingerprint density at radius 2 is 1.88 bits per heavy atom. The number of nitro groups is 1. The van der Waals surface area contributed by atoms with Crippen molar-refractivity contribution in [1.82, 2.24) is 4.90 Å². The number of nitrogens with zero attached hydrogens (tertiary/aromatic N) is 2. The van der Waals surface area contributed by atoms with Crippen LogP contribution in [0.1, 0.15) is 22.6 Å². The summed E-state index contributed by atoms with van der Waals surface area (Å²) in [5.74, 6) is -1.92. The first-order chi connectivity index (χ1) is 11.5. The first-order valence-electron chi connectivity index (χ1n) is 7.81. The third-order valence-electron chi connectivity index (χ3n) is 4.56. The van der Waals surface area contributed by atoms with Gasteiger partial charge in [-0.05, 0) is 29.7 Å². The molecule has 3 rings (SSSR count). The number of aryl methyl sites for hydroxylation is 1. The van der Waals surface area contributed by atoms with Gasteiger partial charge in [0.15, 0.2) is 0 Å². The lowest BCUT2D eigenvalue weighted by atomic mass is 9.93. The Hall–Kier alpha value is -2.34. The molecule has 126 valence electrons. The van der Waals surface area contributed by atoms with Crippen molar-refractivity contribution in [2.24, 2.45) is 0 Å². The summed E-state index contributed by atoms with van der Waals surface area (Å²) in [5.41, 5.74) is 1.58. The van der Waals surface area contributed by atoms with Gasteiger partial charge in [0.25, 0.3) is 0 Å². The van der Waals surface area contributed by atoms with Crippen LogP contribution in [0.25, 0.3) is 0 Å². The highest BCUT2D eigenvalue weighted by molar-refractivity contribution is 5.31. The molecule has 0 N–H and O–H groups in total. The lowest BCUT2D eigenvalue weighted by Gasteiger charge is -2.16. The smallest absolute Gasteiger partial charge is 0.233 e. The van der Waals surface area contributed by atoms with Crippen LogP contribution in [-0.2, 0) is 6.54 Å². The maximum absolute atomic E-state index is 14.2. The lowest BCUT2D eigenvalue weighted by Crippen LogP contribution is -2.28. The quantitative estimate of drug-likeness (QED) is 0.636. The third kappa shape index (κ3) is 3.28. The van der Waals surface area contributed by atoms with Crippen LogP contribution in [-0.4, -0.2) is 29.0 Å². The molecule has 1 aliphatic rings. The average Bonchev–Trinajstić information content (AvgIpc) is 2.96. The topological polar surface area (TPSA) is 46.4 Å². The van der Waals surface area contributed by atoms with Gasteiger partial charge in [0, 0.05) is 24.1 Å². The van der Waals surface area contributed by atoms with Crippen molar-refractivity contribution in [3.8, 4) is 0 Å². The number of hydrogen-bond acceptors (Lipinski definition) is 3. The minimum atomic E-state index is -0.895. The molecule has 2 atom stereocenters. The summed E-state index contributed by atoms with van der Waals surface area (Å²) in [5, 5.41) is 11.4. The molecule has 1 aliphatic heterocycles. The van der Waals surface area contributed by atoms with E-state index in [1.165, 1.54) is 13.0 Å². The molecule has 4 nitrogen and oxygen atoms in total. The van der Waals surface area contributed by atoms with Gasteiger partial charge in [0.05, 0.1) is 12.5 Å². The first-order valence-corrected chi connectivity index (χ1v) is 7.81. The lowest BCUT2D eigenvalue weighted by molar-refractivity contribution is -0.521. The molecule has 1 fully saturated rings. The Morgan fingerprint density at radius 1 is 1.17 bits per heavy atom. The standard InChI is InChI=1S/C18H18F2N2O2/c1-12-7-14(17(20)8-16(12)19)15-10-21(11-18(15)22(23)24)9-13-5-3-2-4-6-13/h2-8,15,18H,9-11H2,1H3/t15-,18+/m0/s1. The van der Waals surface area contributed by atoms with E-state index in [1.807, 2.05) is 35.2 Å². The van der Waals surface area contributed by atoms with Crippen LogP contribution < -0.4 is 0 Å². The van der Waals surface area contributed by atoms with Gasteiger partial charge in [0.1, 0.15) is 11.6 Å². The molecule has 0 radical (unpaired) electrons. The Morgan fingerprint density at radius 3 is 2.54 bits per heavy atom. The number of benzene rings is 2. The van der Waals surface area contributed by atoms with Gasteiger partial charge in [-0.3, -0.25) is 15.0 Å². The Balaban J connectivity index is 1.86. The zero-order valence-corrected chi connectivity index (χ0v) is 13.3.